The van der Waals surface area contributed by atoms with Crippen molar-refractivity contribution in [1.29, 1.82) is 0 Å². The number of urea groups is 1. The molecular formula is C13H24N2O. The van der Waals surface area contributed by atoms with E-state index in [1.807, 2.05) is 18.7 Å². The van der Waals surface area contributed by atoms with Gasteiger partial charge in [-0.1, -0.05) is 11.6 Å². The van der Waals surface area contributed by atoms with Crippen LogP contribution in [0.5, 0.6) is 0 Å². The summed E-state index contributed by atoms with van der Waals surface area (Å²) in [7, 11) is 0. The molecule has 92 valence electrons. The third-order valence-corrected chi connectivity index (χ3v) is 3.16. The second-order valence-corrected chi connectivity index (χ2v) is 4.26. The largest absolute Gasteiger partial charge is 0.338 e. The highest BCUT2D eigenvalue weighted by atomic mass is 16.2. The van der Waals surface area contributed by atoms with E-state index in [0.717, 1.165) is 26.1 Å². The zero-order chi connectivity index (χ0) is 11.8. The van der Waals surface area contributed by atoms with Gasteiger partial charge in [-0.25, -0.2) is 4.79 Å². The Labute approximate surface area is 98.9 Å². The van der Waals surface area contributed by atoms with E-state index in [1.165, 1.54) is 31.3 Å². The van der Waals surface area contributed by atoms with Crippen molar-refractivity contribution < 1.29 is 4.79 Å². The van der Waals surface area contributed by atoms with E-state index in [-0.39, 0.29) is 6.03 Å². The minimum Gasteiger partial charge on any atom is -0.338 e. The molecule has 0 fully saturated rings. The fourth-order valence-electron chi connectivity index (χ4n) is 2.08. The molecule has 0 unspecified atom stereocenters. The molecule has 2 amide bonds. The minimum atomic E-state index is 0.0707. The molecule has 1 aliphatic carbocycles. The van der Waals surface area contributed by atoms with Gasteiger partial charge in [0, 0.05) is 19.6 Å². The van der Waals surface area contributed by atoms with Gasteiger partial charge in [-0.05, 0) is 46.0 Å². The third-order valence-electron chi connectivity index (χ3n) is 3.16. The summed E-state index contributed by atoms with van der Waals surface area (Å²) in [5, 5.41) is 2.98. The van der Waals surface area contributed by atoms with Gasteiger partial charge in [0.05, 0.1) is 0 Å². The van der Waals surface area contributed by atoms with E-state index < -0.39 is 0 Å². The molecule has 0 saturated heterocycles. The Morgan fingerprint density at radius 2 is 2.12 bits per heavy atom. The van der Waals surface area contributed by atoms with E-state index in [9.17, 15) is 4.79 Å². The molecule has 0 aromatic heterocycles. The summed E-state index contributed by atoms with van der Waals surface area (Å²) in [6.07, 6.45) is 8.45. The van der Waals surface area contributed by atoms with Gasteiger partial charge in [0.15, 0.2) is 0 Å². The highest BCUT2D eigenvalue weighted by Crippen LogP contribution is 2.19. The van der Waals surface area contributed by atoms with Gasteiger partial charge < -0.3 is 10.2 Å². The van der Waals surface area contributed by atoms with Crippen LogP contribution in [0, 0.1) is 0 Å². The maximum Gasteiger partial charge on any atom is 0.317 e. The van der Waals surface area contributed by atoms with Gasteiger partial charge in [0.1, 0.15) is 0 Å². The van der Waals surface area contributed by atoms with Crippen LogP contribution in [-0.2, 0) is 0 Å². The predicted molar refractivity (Wildman–Crippen MR) is 67.5 cm³/mol. The van der Waals surface area contributed by atoms with Gasteiger partial charge in [0.25, 0.3) is 0 Å². The average molecular weight is 224 g/mol. The number of rotatable bonds is 5. The fourth-order valence-corrected chi connectivity index (χ4v) is 2.08. The lowest BCUT2D eigenvalue weighted by Crippen LogP contribution is -2.40. The maximum absolute atomic E-state index is 11.6. The maximum atomic E-state index is 11.6. The lowest BCUT2D eigenvalue weighted by molar-refractivity contribution is 0.203. The highest BCUT2D eigenvalue weighted by Gasteiger charge is 2.08. The number of allylic oxidation sites excluding steroid dienone is 1. The number of nitrogens with zero attached hydrogens (tertiary/aromatic N) is 1. The summed E-state index contributed by atoms with van der Waals surface area (Å²) in [6, 6.07) is 0.0707. The van der Waals surface area contributed by atoms with Crippen LogP contribution >= 0.6 is 0 Å². The number of hydrogen-bond donors (Lipinski definition) is 1. The Morgan fingerprint density at radius 1 is 1.38 bits per heavy atom. The molecule has 16 heavy (non-hydrogen) atoms. The van der Waals surface area contributed by atoms with Crippen LogP contribution in [0.1, 0.15) is 46.0 Å². The first-order valence-electron chi connectivity index (χ1n) is 6.48. The molecule has 1 aliphatic rings. The molecule has 3 nitrogen and oxygen atoms in total. The zero-order valence-corrected chi connectivity index (χ0v) is 10.6. The molecule has 0 spiro atoms. The summed E-state index contributed by atoms with van der Waals surface area (Å²) < 4.78 is 0. The Morgan fingerprint density at radius 3 is 2.69 bits per heavy atom. The Hall–Kier alpha value is -0.990. The Balaban J connectivity index is 2.19. The van der Waals surface area contributed by atoms with Crippen molar-refractivity contribution in [3.8, 4) is 0 Å². The molecule has 0 saturated carbocycles. The first kappa shape index (κ1) is 13.1. The van der Waals surface area contributed by atoms with E-state index in [0.29, 0.717) is 0 Å². The number of carbonyl (C=O) groups is 1. The summed E-state index contributed by atoms with van der Waals surface area (Å²) in [5.74, 6) is 0. The number of nitrogens with one attached hydrogen (secondary N) is 1. The van der Waals surface area contributed by atoms with Crippen LogP contribution in [0.4, 0.5) is 4.79 Å². The summed E-state index contributed by atoms with van der Waals surface area (Å²) in [6.45, 7) is 6.36. The van der Waals surface area contributed by atoms with Crippen molar-refractivity contribution in [3.63, 3.8) is 0 Å². The van der Waals surface area contributed by atoms with E-state index in [2.05, 4.69) is 11.4 Å². The number of amides is 2. The lowest BCUT2D eigenvalue weighted by Gasteiger charge is -2.20. The van der Waals surface area contributed by atoms with Crippen molar-refractivity contribution >= 4 is 6.03 Å². The van der Waals surface area contributed by atoms with Crippen molar-refractivity contribution in [2.75, 3.05) is 19.6 Å². The molecule has 0 heterocycles. The first-order chi connectivity index (χ1) is 7.77. The Bertz CT molecular complexity index is 244. The van der Waals surface area contributed by atoms with Crippen molar-refractivity contribution in [1.82, 2.24) is 10.2 Å². The smallest absolute Gasteiger partial charge is 0.317 e. The molecule has 0 aliphatic heterocycles. The van der Waals surface area contributed by atoms with Crippen LogP contribution in [0.3, 0.4) is 0 Å². The van der Waals surface area contributed by atoms with E-state index >= 15 is 0 Å². The first-order valence-corrected chi connectivity index (χ1v) is 6.48. The van der Waals surface area contributed by atoms with E-state index in [1.54, 1.807) is 0 Å². The molecule has 0 aromatic carbocycles. The van der Waals surface area contributed by atoms with Crippen LogP contribution < -0.4 is 5.32 Å². The van der Waals surface area contributed by atoms with Crippen molar-refractivity contribution in [2.45, 2.75) is 46.0 Å². The number of carbonyl (C=O) groups excluding carboxylic acids is 1. The van der Waals surface area contributed by atoms with Crippen molar-refractivity contribution in [3.05, 3.63) is 11.6 Å². The molecule has 0 radical (unpaired) electrons. The zero-order valence-electron chi connectivity index (χ0n) is 10.6. The van der Waals surface area contributed by atoms with Gasteiger partial charge in [-0.3, -0.25) is 0 Å². The number of hydrogen-bond acceptors (Lipinski definition) is 1. The normalized spacial score (nSPS) is 15.5. The SMILES string of the molecule is CCN(CC)C(=O)NCCC1=CCCCC1. The molecule has 1 N–H and O–H groups in total. The molecule has 0 atom stereocenters. The average Bonchev–Trinajstić information content (AvgIpc) is 2.32. The summed E-state index contributed by atoms with van der Waals surface area (Å²) >= 11 is 0. The molecule has 0 bridgehead atoms. The van der Waals surface area contributed by atoms with Crippen LogP contribution in [0.25, 0.3) is 0 Å². The van der Waals surface area contributed by atoms with Gasteiger partial charge in [-0.2, -0.15) is 0 Å². The van der Waals surface area contributed by atoms with Gasteiger partial charge in [-0.15, -0.1) is 0 Å². The minimum absolute atomic E-state index is 0.0707. The topological polar surface area (TPSA) is 32.3 Å². The van der Waals surface area contributed by atoms with E-state index in [4.69, 9.17) is 0 Å². The van der Waals surface area contributed by atoms with Crippen molar-refractivity contribution in [2.24, 2.45) is 0 Å². The lowest BCUT2D eigenvalue weighted by atomic mass is 9.97. The Kier molecular flexibility index (Phi) is 5.98. The summed E-state index contributed by atoms with van der Waals surface area (Å²) in [5.41, 5.74) is 1.52. The van der Waals surface area contributed by atoms with Crippen LogP contribution in [-0.4, -0.2) is 30.6 Å². The van der Waals surface area contributed by atoms with Crippen LogP contribution in [0.15, 0.2) is 11.6 Å². The quantitative estimate of drug-likeness (QED) is 0.715. The second-order valence-electron chi connectivity index (χ2n) is 4.26. The monoisotopic (exact) mass is 224 g/mol. The second kappa shape index (κ2) is 7.31. The van der Waals surface area contributed by atoms with Gasteiger partial charge >= 0.3 is 6.03 Å². The van der Waals surface area contributed by atoms with Gasteiger partial charge in [0.2, 0.25) is 0 Å². The molecule has 1 rings (SSSR count). The molecule has 0 aromatic rings. The van der Waals surface area contributed by atoms with Crippen LogP contribution in [0.2, 0.25) is 0 Å². The molecular weight excluding hydrogens is 200 g/mol. The third kappa shape index (κ3) is 4.25. The molecule has 3 heteroatoms. The summed E-state index contributed by atoms with van der Waals surface area (Å²) in [4.78, 5) is 13.5. The predicted octanol–water partition coefficient (Wildman–Crippen LogP) is 2.93. The standard InChI is InChI=1S/C13H24N2O/c1-3-15(4-2)13(16)14-11-10-12-8-6-5-7-9-12/h8H,3-7,9-11H2,1-2H3,(H,14,16). The highest BCUT2D eigenvalue weighted by molar-refractivity contribution is 5.74. The fraction of sp³-hybridized carbons (Fsp3) is 0.769.